The highest BCUT2D eigenvalue weighted by Crippen LogP contribution is 2.32. The SMILES string of the molecule is COc1cccc(C(=O)SCCN(C)C)c1OC.Cl. The van der Waals surface area contributed by atoms with Crippen molar-refractivity contribution in [2.75, 3.05) is 40.6 Å². The fraction of sp³-hybridized carbons (Fsp3) is 0.462. The highest BCUT2D eigenvalue weighted by Gasteiger charge is 2.16. The van der Waals surface area contributed by atoms with E-state index in [1.807, 2.05) is 19.0 Å². The van der Waals surface area contributed by atoms with E-state index in [0.29, 0.717) is 17.1 Å². The van der Waals surface area contributed by atoms with Crippen LogP contribution in [-0.2, 0) is 0 Å². The van der Waals surface area contributed by atoms with E-state index in [9.17, 15) is 4.79 Å². The minimum atomic E-state index is 0. The first-order chi connectivity index (χ1) is 8.60. The summed E-state index contributed by atoms with van der Waals surface area (Å²) in [6.45, 7) is 0.864. The fourth-order valence-electron chi connectivity index (χ4n) is 1.45. The van der Waals surface area contributed by atoms with Gasteiger partial charge >= 0.3 is 0 Å². The van der Waals surface area contributed by atoms with Gasteiger partial charge in [0.15, 0.2) is 11.5 Å². The number of nitrogens with zero attached hydrogens (tertiary/aromatic N) is 1. The summed E-state index contributed by atoms with van der Waals surface area (Å²) < 4.78 is 10.4. The number of benzene rings is 1. The van der Waals surface area contributed by atoms with Gasteiger partial charge in [-0.15, -0.1) is 12.4 Å². The average Bonchev–Trinajstić information content (AvgIpc) is 2.36. The number of rotatable bonds is 6. The lowest BCUT2D eigenvalue weighted by molar-refractivity contribution is 0.108. The lowest BCUT2D eigenvalue weighted by Crippen LogP contribution is -2.15. The van der Waals surface area contributed by atoms with Crippen LogP contribution < -0.4 is 9.47 Å². The predicted octanol–water partition coefficient (Wildman–Crippen LogP) is 2.56. The van der Waals surface area contributed by atoms with Crippen LogP contribution in [0.3, 0.4) is 0 Å². The van der Waals surface area contributed by atoms with Crippen molar-refractivity contribution in [1.29, 1.82) is 0 Å². The number of para-hydroxylation sites is 1. The summed E-state index contributed by atoms with van der Waals surface area (Å²) in [7, 11) is 7.07. The van der Waals surface area contributed by atoms with Gasteiger partial charge in [-0.25, -0.2) is 0 Å². The molecule has 19 heavy (non-hydrogen) atoms. The van der Waals surface area contributed by atoms with Gasteiger partial charge in [0.05, 0.1) is 19.8 Å². The van der Waals surface area contributed by atoms with Crippen LogP contribution >= 0.6 is 24.2 Å². The van der Waals surface area contributed by atoms with Crippen molar-refractivity contribution in [3.8, 4) is 11.5 Å². The Morgan fingerprint density at radius 2 is 1.95 bits per heavy atom. The monoisotopic (exact) mass is 305 g/mol. The molecule has 0 aromatic heterocycles. The first kappa shape index (κ1) is 18.1. The Balaban J connectivity index is 0.00000324. The Kier molecular flexibility index (Phi) is 8.63. The van der Waals surface area contributed by atoms with Crippen molar-refractivity contribution in [3.05, 3.63) is 23.8 Å². The number of halogens is 1. The normalized spacial score (nSPS) is 9.95. The van der Waals surface area contributed by atoms with Gasteiger partial charge in [-0.2, -0.15) is 0 Å². The predicted molar refractivity (Wildman–Crippen MR) is 82.1 cm³/mol. The maximum Gasteiger partial charge on any atom is 0.223 e. The van der Waals surface area contributed by atoms with Crippen LogP contribution in [0.25, 0.3) is 0 Å². The Hall–Kier alpha value is -0.910. The molecule has 0 bridgehead atoms. The molecule has 0 spiro atoms. The molecule has 0 heterocycles. The van der Waals surface area contributed by atoms with Crippen LogP contribution in [0.15, 0.2) is 18.2 Å². The maximum atomic E-state index is 12.1. The number of methoxy groups -OCH3 is 2. The second-order valence-electron chi connectivity index (χ2n) is 3.98. The van der Waals surface area contributed by atoms with Crippen molar-refractivity contribution < 1.29 is 14.3 Å². The minimum Gasteiger partial charge on any atom is -0.493 e. The van der Waals surface area contributed by atoms with E-state index in [0.717, 1.165) is 12.3 Å². The molecule has 0 aliphatic heterocycles. The molecule has 0 saturated heterocycles. The van der Waals surface area contributed by atoms with Gasteiger partial charge in [0.25, 0.3) is 0 Å². The quantitative estimate of drug-likeness (QED) is 0.807. The zero-order valence-corrected chi connectivity index (χ0v) is 13.3. The third kappa shape index (κ3) is 5.30. The fourth-order valence-corrected chi connectivity index (χ4v) is 2.40. The molecule has 0 amide bonds. The molecule has 0 radical (unpaired) electrons. The first-order valence-corrected chi connectivity index (χ1v) is 6.61. The Morgan fingerprint density at radius 1 is 1.26 bits per heavy atom. The summed E-state index contributed by atoms with van der Waals surface area (Å²) in [5.41, 5.74) is 0.556. The third-order valence-corrected chi connectivity index (χ3v) is 3.26. The van der Waals surface area contributed by atoms with E-state index in [1.54, 1.807) is 32.4 Å². The summed E-state index contributed by atoms with van der Waals surface area (Å²) in [4.78, 5) is 14.1. The van der Waals surface area contributed by atoms with Crippen molar-refractivity contribution in [1.82, 2.24) is 4.90 Å². The molecule has 0 fully saturated rings. The summed E-state index contributed by atoms with van der Waals surface area (Å²) in [6.07, 6.45) is 0. The largest absolute Gasteiger partial charge is 0.493 e. The van der Waals surface area contributed by atoms with Crippen LogP contribution in [0.2, 0.25) is 0 Å². The number of hydrogen-bond donors (Lipinski definition) is 0. The van der Waals surface area contributed by atoms with Gasteiger partial charge in [0.2, 0.25) is 5.12 Å². The lowest BCUT2D eigenvalue weighted by atomic mass is 10.2. The highest BCUT2D eigenvalue weighted by molar-refractivity contribution is 8.14. The first-order valence-electron chi connectivity index (χ1n) is 5.63. The molecule has 0 saturated carbocycles. The van der Waals surface area contributed by atoms with Crippen molar-refractivity contribution in [3.63, 3.8) is 0 Å². The van der Waals surface area contributed by atoms with E-state index in [-0.39, 0.29) is 17.5 Å². The van der Waals surface area contributed by atoms with Gasteiger partial charge < -0.3 is 14.4 Å². The van der Waals surface area contributed by atoms with E-state index in [4.69, 9.17) is 9.47 Å². The topological polar surface area (TPSA) is 38.8 Å². The highest BCUT2D eigenvalue weighted by atomic mass is 35.5. The zero-order valence-electron chi connectivity index (χ0n) is 11.6. The summed E-state index contributed by atoms with van der Waals surface area (Å²) in [5, 5.41) is 0.00704. The van der Waals surface area contributed by atoms with Crippen molar-refractivity contribution in [2.45, 2.75) is 0 Å². The Bertz CT molecular complexity index is 413. The molecular formula is C13H20ClNO3S. The molecule has 0 unspecified atom stereocenters. The van der Waals surface area contributed by atoms with E-state index < -0.39 is 0 Å². The van der Waals surface area contributed by atoms with Gasteiger partial charge in [-0.1, -0.05) is 17.8 Å². The summed E-state index contributed by atoms with van der Waals surface area (Å²) in [5.74, 6) is 1.84. The number of ether oxygens (including phenoxy) is 2. The Morgan fingerprint density at radius 3 is 2.47 bits per heavy atom. The van der Waals surface area contributed by atoms with Gasteiger partial charge in [-0.3, -0.25) is 4.79 Å². The van der Waals surface area contributed by atoms with Crippen LogP contribution in [0, 0.1) is 0 Å². The van der Waals surface area contributed by atoms with E-state index in [1.165, 1.54) is 11.8 Å². The smallest absolute Gasteiger partial charge is 0.223 e. The number of thioether (sulfide) groups is 1. The van der Waals surface area contributed by atoms with Gasteiger partial charge in [0, 0.05) is 12.3 Å². The van der Waals surface area contributed by atoms with Gasteiger partial charge in [-0.05, 0) is 26.2 Å². The zero-order chi connectivity index (χ0) is 13.5. The van der Waals surface area contributed by atoms with Crippen LogP contribution in [0.4, 0.5) is 0 Å². The number of carbonyl (C=O) groups is 1. The molecule has 6 heteroatoms. The van der Waals surface area contributed by atoms with Crippen molar-refractivity contribution in [2.24, 2.45) is 0 Å². The molecule has 0 atom stereocenters. The minimum absolute atomic E-state index is 0. The molecule has 0 N–H and O–H groups in total. The van der Waals surface area contributed by atoms with Crippen LogP contribution in [0.5, 0.6) is 11.5 Å². The number of hydrogen-bond acceptors (Lipinski definition) is 5. The Labute approximate surface area is 124 Å². The molecule has 1 aromatic carbocycles. The van der Waals surface area contributed by atoms with E-state index in [2.05, 4.69) is 0 Å². The number of carbonyl (C=O) groups excluding carboxylic acids is 1. The molecular weight excluding hydrogens is 286 g/mol. The maximum absolute atomic E-state index is 12.1. The van der Waals surface area contributed by atoms with Crippen LogP contribution in [-0.4, -0.2) is 50.6 Å². The standard InChI is InChI=1S/C13H19NO3S.ClH/c1-14(2)8-9-18-13(15)10-6-5-7-11(16-3)12(10)17-4;/h5-7H,8-9H2,1-4H3;1H. The molecule has 108 valence electrons. The second-order valence-corrected chi connectivity index (χ2v) is 5.05. The third-order valence-electron chi connectivity index (χ3n) is 2.39. The summed E-state index contributed by atoms with van der Waals surface area (Å²) >= 11 is 1.29. The average molecular weight is 306 g/mol. The second kappa shape index (κ2) is 9.07. The molecule has 1 aromatic rings. The summed E-state index contributed by atoms with van der Waals surface area (Å²) in [6, 6.07) is 5.33. The molecule has 0 aliphatic carbocycles. The van der Waals surface area contributed by atoms with Crippen molar-refractivity contribution >= 4 is 29.3 Å². The molecule has 0 aliphatic rings. The molecule has 4 nitrogen and oxygen atoms in total. The lowest BCUT2D eigenvalue weighted by Gasteiger charge is -2.12. The van der Waals surface area contributed by atoms with Crippen LogP contribution in [0.1, 0.15) is 10.4 Å². The van der Waals surface area contributed by atoms with E-state index >= 15 is 0 Å². The van der Waals surface area contributed by atoms with Gasteiger partial charge in [0.1, 0.15) is 0 Å². The molecule has 1 rings (SSSR count).